The van der Waals surface area contributed by atoms with Gasteiger partial charge in [0, 0.05) is 29.9 Å². The number of rotatable bonds is 10. The molecule has 0 amide bonds. The SMILES string of the molecule is CCOc1cnc(-c2cc(-c3ccc(N4CCOCC4)cc3)nc(OCc3sc(C(=O)O)cc3C(C)=O)c2C#N)o1. The number of carbonyl (C=O) groups is 2. The van der Waals surface area contributed by atoms with Crippen molar-refractivity contribution in [3.63, 3.8) is 0 Å². The van der Waals surface area contributed by atoms with Gasteiger partial charge in [-0.25, -0.2) is 14.8 Å². The number of benzene rings is 1. The van der Waals surface area contributed by atoms with Crippen LogP contribution in [0.2, 0.25) is 0 Å². The molecule has 210 valence electrons. The molecule has 4 heterocycles. The molecule has 0 unspecified atom stereocenters. The maximum Gasteiger partial charge on any atom is 0.345 e. The zero-order chi connectivity index (χ0) is 28.9. The minimum absolute atomic E-state index is 0.00630. The summed E-state index contributed by atoms with van der Waals surface area (Å²) in [5.41, 5.74) is 2.99. The van der Waals surface area contributed by atoms with Crippen molar-refractivity contribution in [2.75, 3.05) is 37.8 Å². The smallest absolute Gasteiger partial charge is 0.345 e. The van der Waals surface area contributed by atoms with E-state index in [1.807, 2.05) is 31.2 Å². The largest absolute Gasteiger partial charge is 0.477 e. The third-order valence-corrected chi connectivity index (χ3v) is 7.47. The van der Waals surface area contributed by atoms with Crippen LogP contribution in [0.3, 0.4) is 0 Å². The van der Waals surface area contributed by atoms with E-state index in [1.54, 1.807) is 6.07 Å². The molecule has 0 bridgehead atoms. The molecule has 0 atom stereocenters. The number of carboxylic acids is 1. The molecule has 41 heavy (non-hydrogen) atoms. The molecule has 1 saturated heterocycles. The highest BCUT2D eigenvalue weighted by Crippen LogP contribution is 2.36. The van der Waals surface area contributed by atoms with Gasteiger partial charge in [0.2, 0.25) is 11.8 Å². The van der Waals surface area contributed by atoms with Crippen molar-refractivity contribution >= 4 is 28.8 Å². The number of thiophene rings is 1. The van der Waals surface area contributed by atoms with Gasteiger partial charge < -0.3 is 28.6 Å². The highest BCUT2D eigenvalue weighted by Gasteiger charge is 2.23. The van der Waals surface area contributed by atoms with Gasteiger partial charge >= 0.3 is 11.9 Å². The molecule has 0 spiro atoms. The van der Waals surface area contributed by atoms with Crippen LogP contribution in [0, 0.1) is 11.3 Å². The third kappa shape index (κ3) is 6.06. The molecule has 0 saturated carbocycles. The lowest BCUT2D eigenvalue weighted by molar-refractivity contribution is 0.0702. The Hall–Kier alpha value is -4.73. The van der Waals surface area contributed by atoms with Crippen LogP contribution in [-0.2, 0) is 11.3 Å². The molecule has 1 aromatic carbocycles. The van der Waals surface area contributed by atoms with E-state index in [1.165, 1.54) is 19.2 Å². The molecule has 3 aromatic heterocycles. The monoisotopic (exact) mass is 574 g/mol. The number of hydrogen-bond acceptors (Lipinski definition) is 11. The van der Waals surface area contributed by atoms with Crippen LogP contribution >= 0.6 is 11.3 Å². The number of aromatic nitrogens is 2. The molecule has 11 nitrogen and oxygen atoms in total. The average molecular weight is 575 g/mol. The van der Waals surface area contributed by atoms with E-state index in [0.717, 1.165) is 35.7 Å². The van der Waals surface area contributed by atoms with Crippen LogP contribution in [0.15, 0.2) is 47.0 Å². The van der Waals surface area contributed by atoms with Crippen molar-refractivity contribution in [1.29, 1.82) is 5.26 Å². The number of oxazole rings is 1. The fraction of sp³-hybridized carbons (Fsp3) is 0.276. The molecule has 1 N–H and O–H groups in total. The Morgan fingerprint density at radius 1 is 1.17 bits per heavy atom. The Kier molecular flexibility index (Phi) is 8.28. The van der Waals surface area contributed by atoms with Crippen molar-refractivity contribution in [3.8, 4) is 40.6 Å². The predicted octanol–water partition coefficient (Wildman–Crippen LogP) is 5.05. The number of carboxylic acid groups (broad SMARTS) is 1. The Balaban J connectivity index is 1.54. The number of morpholine rings is 1. The third-order valence-electron chi connectivity index (χ3n) is 6.38. The number of Topliss-reactive ketones (excluding diaryl/α,β-unsaturated/α-hetero) is 1. The van der Waals surface area contributed by atoms with Crippen LogP contribution < -0.4 is 14.4 Å². The van der Waals surface area contributed by atoms with Crippen LogP contribution in [0.5, 0.6) is 11.8 Å². The summed E-state index contributed by atoms with van der Waals surface area (Å²) in [5.74, 6) is -1.09. The maximum absolute atomic E-state index is 12.2. The number of carbonyl (C=O) groups excluding carboxylic acids is 1. The van der Waals surface area contributed by atoms with Gasteiger partial charge in [0.1, 0.15) is 29.3 Å². The van der Waals surface area contributed by atoms with Crippen molar-refractivity contribution < 1.29 is 33.3 Å². The molecular formula is C29H26N4O7S. The second-order valence-corrected chi connectivity index (χ2v) is 10.1. The summed E-state index contributed by atoms with van der Waals surface area (Å²) in [6, 6.07) is 13.0. The summed E-state index contributed by atoms with van der Waals surface area (Å²) < 4.78 is 22.6. The number of ether oxygens (including phenoxy) is 3. The van der Waals surface area contributed by atoms with Crippen molar-refractivity contribution in [2.45, 2.75) is 20.5 Å². The first-order valence-electron chi connectivity index (χ1n) is 12.8. The molecule has 1 aliphatic heterocycles. The quantitative estimate of drug-likeness (QED) is 0.254. The zero-order valence-corrected chi connectivity index (χ0v) is 23.2. The fourth-order valence-electron chi connectivity index (χ4n) is 4.38. The summed E-state index contributed by atoms with van der Waals surface area (Å²) in [4.78, 5) is 35.3. The predicted molar refractivity (Wildman–Crippen MR) is 150 cm³/mol. The first-order chi connectivity index (χ1) is 19.9. The minimum atomic E-state index is -1.14. The highest BCUT2D eigenvalue weighted by atomic mass is 32.1. The maximum atomic E-state index is 12.2. The normalized spacial score (nSPS) is 13.0. The van der Waals surface area contributed by atoms with Gasteiger partial charge in [-0.15, -0.1) is 11.3 Å². The summed E-state index contributed by atoms with van der Waals surface area (Å²) in [6.45, 7) is 6.34. The molecule has 0 aliphatic carbocycles. The standard InChI is InChI=1S/C29H26N4O7S/c1-3-38-26-15-31-27(40-26)21-12-23(18-4-6-19(7-5-18)33-8-10-37-11-9-33)32-28(22(21)14-30)39-16-25-20(17(2)34)13-24(41-25)29(35)36/h4-7,12-13,15H,3,8-11,16H2,1-2H3,(H,35,36). The van der Waals surface area contributed by atoms with Crippen LogP contribution in [0.25, 0.3) is 22.7 Å². The second kappa shape index (κ2) is 12.2. The summed E-state index contributed by atoms with van der Waals surface area (Å²) in [6.07, 6.45) is 1.43. The molecule has 1 fully saturated rings. The Bertz CT molecular complexity index is 1620. The number of pyridine rings is 1. The van der Waals surface area contributed by atoms with Gasteiger partial charge in [-0.3, -0.25) is 4.79 Å². The van der Waals surface area contributed by atoms with Gasteiger partial charge in [-0.2, -0.15) is 5.26 Å². The van der Waals surface area contributed by atoms with Gasteiger partial charge in [-0.1, -0.05) is 12.1 Å². The average Bonchev–Trinajstić information content (AvgIpc) is 3.64. The van der Waals surface area contributed by atoms with E-state index in [4.69, 9.17) is 18.6 Å². The van der Waals surface area contributed by atoms with Gasteiger partial charge in [0.25, 0.3) is 0 Å². The molecular weight excluding hydrogens is 548 g/mol. The van der Waals surface area contributed by atoms with E-state index in [0.29, 0.717) is 36.0 Å². The fourth-order valence-corrected chi connectivity index (χ4v) is 5.34. The minimum Gasteiger partial charge on any atom is -0.477 e. The first-order valence-corrected chi connectivity index (χ1v) is 13.7. The van der Waals surface area contributed by atoms with E-state index in [-0.39, 0.29) is 46.1 Å². The lowest BCUT2D eigenvalue weighted by atomic mass is 10.0. The van der Waals surface area contributed by atoms with Crippen LogP contribution in [0.4, 0.5) is 5.69 Å². The van der Waals surface area contributed by atoms with Crippen LogP contribution in [-0.4, -0.2) is 59.7 Å². The number of aromatic carboxylic acids is 1. The number of ketones is 1. The number of anilines is 1. The summed E-state index contributed by atoms with van der Waals surface area (Å²) >= 11 is 0.937. The summed E-state index contributed by atoms with van der Waals surface area (Å²) in [5, 5.41) is 19.5. The van der Waals surface area contributed by atoms with E-state index < -0.39 is 5.97 Å². The van der Waals surface area contributed by atoms with Crippen molar-refractivity contribution in [2.24, 2.45) is 0 Å². The molecule has 0 radical (unpaired) electrons. The number of hydrogen-bond donors (Lipinski definition) is 1. The molecule has 5 rings (SSSR count). The highest BCUT2D eigenvalue weighted by molar-refractivity contribution is 7.14. The van der Waals surface area contributed by atoms with E-state index in [2.05, 4.69) is 20.9 Å². The van der Waals surface area contributed by atoms with E-state index in [9.17, 15) is 20.0 Å². The Morgan fingerprint density at radius 3 is 2.59 bits per heavy atom. The van der Waals surface area contributed by atoms with E-state index >= 15 is 0 Å². The van der Waals surface area contributed by atoms with Crippen LogP contribution in [0.1, 0.15) is 44.3 Å². The number of nitrogens with zero attached hydrogens (tertiary/aromatic N) is 4. The zero-order valence-electron chi connectivity index (χ0n) is 22.4. The summed E-state index contributed by atoms with van der Waals surface area (Å²) in [7, 11) is 0. The van der Waals surface area contributed by atoms with Crippen molar-refractivity contribution in [3.05, 3.63) is 63.5 Å². The lowest BCUT2D eigenvalue weighted by Gasteiger charge is -2.28. The van der Waals surface area contributed by atoms with Crippen molar-refractivity contribution in [1.82, 2.24) is 9.97 Å². The van der Waals surface area contributed by atoms with Gasteiger partial charge in [-0.05, 0) is 38.1 Å². The van der Waals surface area contributed by atoms with Gasteiger partial charge in [0.05, 0.1) is 36.0 Å². The number of nitriles is 1. The Morgan fingerprint density at radius 2 is 1.93 bits per heavy atom. The van der Waals surface area contributed by atoms with Gasteiger partial charge in [0.15, 0.2) is 5.78 Å². The molecule has 1 aliphatic rings. The Labute approximate surface area is 239 Å². The first kappa shape index (κ1) is 27.8. The lowest BCUT2D eigenvalue weighted by Crippen LogP contribution is -2.36. The topological polar surface area (TPSA) is 148 Å². The molecule has 4 aromatic rings. The molecule has 12 heteroatoms. The second-order valence-electron chi connectivity index (χ2n) is 9.01.